The molecule has 0 bridgehead atoms. The van der Waals surface area contributed by atoms with Crippen molar-refractivity contribution in [3.63, 3.8) is 0 Å². The largest absolute Gasteiger partial charge is 0.508 e. The number of phenolic OH excluding ortho intramolecular Hbond substituents is 1. The number of fused-ring (bicyclic) bond motifs is 2. The summed E-state index contributed by atoms with van der Waals surface area (Å²) in [6.07, 6.45) is 0. The molecule has 0 fully saturated rings. The lowest BCUT2D eigenvalue weighted by Gasteiger charge is -2.19. The molecule has 2 aromatic rings. The zero-order valence-corrected chi connectivity index (χ0v) is 12.6. The fourth-order valence-electron chi connectivity index (χ4n) is 3.14. The zero-order valence-electron chi connectivity index (χ0n) is 12.6. The molecule has 23 heavy (non-hydrogen) atoms. The number of anilines is 1. The number of benzene rings is 2. The molecule has 4 rings (SSSR count). The average molecular weight is 311 g/mol. The van der Waals surface area contributed by atoms with Crippen molar-refractivity contribution in [1.82, 2.24) is 0 Å². The molecule has 5 heteroatoms. The van der Waals surface area contributed by atoms with E-state index in [0.29, 0.717) is 22.6 Å². The number of hydrogen-bond acceptors (Lipinski definition) is 3. The maximum Gasteiger partial charge on any atom is 0.260 e. The number of aromatic hydroxyl groups is 1. The Bertz CT molecular complexity index is 899. The van der Waals surface area contributed by atoms with Gasteiger partial charge in [0.1, 0.15) is 22.9 Å². The van der Waals surface area contributed by atoms with E-state index in [1.54, 1.807) is 18.2 Å². The SMILES string of the molecule is CC1(C)O/C(=C2/C(=O)Nc3ccc(F)cc32)c2ccc(O)cc21. The molecule has 1 amide bonds. The lowest BCUT2D eigenvalue weighted by Crippen LogP contribution is -2.14. The molecule has 2 aliphatic heterocycles. The second-order valence-corrected chi connectivity index (χ2v) is 6.19. The second kappa shape index (κ2) is 4.35. The fraction of sp³-hybridized carbons (Fsp3) is 0.167. The van der Waals surface area contributed by atoms with E-state index in [0.717, 1.165) is 11.1 Å². The Hall–Kier alpha value is -2.82. The summed E-state index contributed by atoms with van der Waals surface area (Å²) in [5, 5.41) is 12.5. The first-order valence-corrected chi connectivity index (χ1v) is 7.25. The molecule has 0 atom stereocenters. The summed E-state index contributed by atoms with van der Waals surface area (Å²) in [4.78, 5) is 12.4. The Labute approximate surface area is 132 Å². The molecule has 0 spiro atoms. The van der Waals surface area contributed by atoms with Gasteiger partial charge in [0.05, 0.1) is 5.57 Å². The summed E-state index contributed by atoms with van der Waals surface area (Å²) in [5.41, 5.74) is 2.20. The topological polar surface area (TPSA) is 58.6 Å². The molecular formula is C18H14FNO3. The molecule has 0 aromatic heterocycles. The number of carbonyl (C=O) groups excluding carboxylic acids is 1. The predicted molar refractivity (Wildman–Crippen MR) is 84.1 cm³/mol. The number of amides is 1. The number of nitrogens with one attached hydrogen (secondary N) is 1. The van der Waals surface area contributed by atoms with Crippen LogP contribution in [0.2, 0.25) is 0 Å². The van der Waals surface area contributed by atoms with Crippen LogP contribution in [0, 0.1) is 5.82 Å². The number of halogens is 1. The number of carbonyl (C=O) groups is 1. The standard InChI is InChI=1S/C18H14FNO3/c1-18(2)13-8-10(21)4-5-11(13)16(23-18)15-12-7-9(19)3-6-14(12)20-17(15)22/h3-8,21H,1-2H3,(H,20,22)/b16-15+. The number of hydrogen-bond donors (Lipinski definition) is 2. The molecule has 0 unspecified atom stereocenters. The number of phenols is 1. The summed E-state index contributed by atoms with van der Waals surface area (Å²) < 4.78 is 19.6. The molecule has 2 aliphatic rings. The normalized spacial score (nSPS) is 20.7. The molecular weight excluding hydrogens is 297 g/mol. The second-order valence-electron chi connectivity index (χ2n) is 6.19. The van der Waals surface area contributed by atoms with Crippen molar-refractivity contribution in [2.75, 3.05) is 5.32 Å². The quantitative estimate of drug-likeness (QED) is 0.731. The van der Waals surface area contributed by atoms with Crippen LogP contribution in [0.4, 0.5) is 10.1 Å². The minimum absolute atomic E-state index is 0.133. The van der Waals surface area contributed by atoms with E-state index in [2.05, 4.69) is 5.32 Å². The van der Waals surface area contributed by atoms with Gasteiger partial charge >= 0.3 is 0 Å². The van der Waals surface area contributed by atoms with E-state index >= 15 is 0 Å². The first-order chi connectivity index (χ1) is 10.9. The van der Waals surface area contributed by atoms with Crippen molar-refractivity contribution < 1.29 is 19.0 Å². The van der Waals surface area contributed by atoms with Gasteiger partial charge in [-0.2, -0.15) is 0 Å². The minimum atomic E-state index is -0.688. The van der Waals surface area contributed by atoms with Gasteiger partial charge in [0.15, 0.2) is 0 Å². The smallest absolute Gasteiger partial charge is 0.260 e. The fourth-order valence-corrected chi connectivity index (χ4v) is 3.14. The third kappa shape index (κ3) is 1.93. The third-order valence-corrected chi connectivity index (χ3v) is 4.21. The molecule has 0 aliphatic carbocycles. The molecule has 2 aromatic carbocycles. The first-order valence-electron chi connectivity index (χ1n) is 7.25. The maximum absolute atomic E-state index is 13.6. The van der Waals surface area contributed by atoms with Crippen LogP contribution in [0.25, 0.3) is 11.3 Å². The maximum atomic E-state index is 13.6. The van der Waals surface area contributed by atoms with Crippen molar-refractivity contribution in [1.29, 1.82) is 0 Å². The Morgan fingerprint density at radius 1 is 1.13 bits per heavy atom. The van der Waals surface area contributed by atoms with Crippen LogP contribution in [0.15, 0.2) is 36.4 Å². The van der Waals surface area contributed by atoms with Gasteiger partial charge < -0.3 is 15.2 Å². The summed E-state index contributed by atoms with van der Waals surface area (Å²) in [6, 6.07) is 9.05. The van der Waals surface area contributed by atoms with Gasteiger partial charge in [0.2, 0.25) is 0 Å². The van der Waals surface area contributed by atoms with E-state index in [1.165, 1.54) is 18.2 Å². The third-order valence-electron chi connectivity index (χ3n) is 4.21. The van der Waals surface area contributed by atoms with Gasteiger partial charge in [-0.05, 0) is 50.2 Å². The monoisotopic (exact) mass is 311 g/mol. The highest BCUT2D eigenvalue weighted by Crippen LogP contribution is 2.48. The highest BCUT2D eigenvalue weighted by molar-refractivity contribution is 6.36. The first kappa shape index (κ1) is 13.8. The van der Waals surface area contributed by atoms with Crippen LogP contribution in [-0.2, 0) is 15.1 Å². The van der Waals surface area contributed by atoms with Crippen LogP contribution in [-0.4, -0.2) is 11.0 Å². The van der Waals surface area contributed by atoms with Crippen molar-refractivity contribution in [2.24, 2.45) is 0 Å². The van der Waals surface area contributed by atoms with Gasteiger partial charge in [-0.1, -0.05) is 0 Å². The predicted octanol–water partition coefficient (Wildman–Crippen LogP) is 3.62. The highest BCUT2D eigenvalue weighted by Gasteiger charge is 2.40. The van der Waals surface area contributed by atoms with E-state index in [-0.39, 0.29) is 11.7 Å². The summed E-state index contributed by atoms with van der Waals surface area (Å²) in [7, 11) is 0. The van der Waals surface area contributed by atoms with Gasteiger partial charge in [0, 0.05) is 22.4 Å². The molecule has 0 saturated heterocycles. The number of ether oxygens (including phenoxy) is 1. The molecule has 4 nitrogen and oxygen atoms in total. The van der Waals surface area contributed by atoms with Gasteiger partial charge in [-0.15, -0.1) is 0 Å². The highest BCUT2D eigenvalue weighted by atomic mass is 19.1. The van der Waals surface area contributed by atoms with Crippen LogP contribution >= 0.6 is 0 Å². The number of rotatable bonds is 0. The Balaban J connectivity index is 2.01. The van der Waals surface area contributed by atoms with Crippen molar-refractivity contribution in [3.05, 3.63) is 58.9 Å². The zero-order chi connectivity index (χ0) is 16.4. The van der Waals surface area contributed by atoms with Crippen LogP contribution in [0.3, 0.4) is 0 Å². The van der Waals surface area contributed by atoms with Gasteiger partial charge in [-0.3, -0.25) is 4.79 Å². The Morgan fingerprint density at radius 3 is 2.70 bits per heavy atom. The molecule has 0 radical (unpaired) electrons. The van der Waals surface area contributed by atoms with Crippen LogP contribution in [0.5, 0.6) is 5.75 Å². The molecule has 2 N–H and O–H groups in total. The molecule has 116 valence electrons. The van der Waals surface area contributed by atoms with Crippen molar-refractivity contribution in [3.8, 4) is 5.75 Å². The molecule has 0 saturated carbocycles. The van der Waals surface area contributed by atoms with Crippen LogP contribution < -0.4 is 5.32 Å². The van der Waals surface area contributed by atoms with E-state index in [1.807, 2.05) is 13.8 Å². The van der Waals surface area contributed by atoms with Crippen LogP contribution in [0.1, 0.15) is 30.5 Å². The van der Waals surface area contributed by atoms with Gasteiger partial charge in [-0.25, -0.2) is 4.39 Å². The Kier molecular flexibility index (Phi) is 2.61. The summed E-state index contributed by atoms with van der Waals surface area (Å²) in [5.74, 6) is -0.195. The van der Waals surface area contributed by atoms with Crippen molar-refractivity contribution >= 4 is 22.9 Å². The summed E-state index contributed by atoms with van der Waals surface area (Å²) >= 11 is 0. The minimum Gasteiger partial charge on any atom is -0.508 e. The average Bonchev–Trinajstić information content (AvgIpc) is 2.92. The Morgan fingerprint density at radius 2 is 1.91 bits per heavy atom. The lowest BCUT2D eigenvalue weighted by atomic mass is 9.94. The van der Waals surface area contributed by atoms with Crippen molar-refractivity contribution in [2.45, 2.75) is 19.4 Å². The van der Waals surface area contributed by atoms with E-state index < -0.39 is 11.4 Å². The van der Waals surface area contributed by atoms with E-state index in [9.17, 15) is 14.3 Å². The lowest BCUT2D eigenvalue weighted by molar-refractivity contribution is -0.110. The van der Waals surface area contributed by atoms with E-state index in [4.69, 9.17) is 4.74 Å². The van der Waals surface area contributed by atoms with Gasteiger partial charge in [0.25, 0.3) is 5.91 Å². The molecule has 2 heterocycles. The summed E-state index contributed by atoms with van der Waals surface area (Å²) in [6.45, 7) is 3.72.